The van der Waals surface area contributed by atoms with E-state index in [1.165, 1.54) is 0 Å². The van der Waals surface area contributed by atoms with Gasteiger partial charge in [0, 0.05) is 17.1 Å². The SMILES string of the molecule is Cc1noc(C)c1COc1cccc(C(=O)Nc2cccc3ncccc23)c1. The van der Waals surface area contributed by atoms with Crippen molar-refractivity contribution < 1.29 is 14.1 Å². The van der Waals surface area contributed by atoms with Gasteiger partial charge in [0.15, 0.2) is 0 Å². The number of anilines is 1. The largest absolute Gasteiger partial charge is 0.489 e. The number of ether oxygens (including phenoxy) is 1. The van der Waals surface area contributed by atoms with Gasteiger partial charge in [0.1, 0.15) is 18.1 Å². The van der Waals surface area contributed by atoms with Crippen LogP contribution in [0.1, 0.15) is 27.4 Å². The van der Waals surface area contributed by atoms with Crippen molar-refractivity contribution in [1.82, 2.24) is 10.1 Å². The summed E-state index contributed by atoms with van der Waals surface area (Å²) in [5, 5.41) is 7.77. The van der Waals surface area contributed by atoms with Gasteiger partial charge in [-0.25, -0.2) is 0 Å². The summed E-state index contributed by atoms with van der Waals surface area (Å²) in [7, 11) is 0. The summed E-state index contributed by atoms with van der Waals surface area (Å²) >= 11 is 0. The van der Waals surface area contributed by atoms with Gasteiger partial charge < -0.3 is 14.6 Å². The van der Waals surface area contributed by atoms with Crippen LogP contribution in [0.15, 0.2) is 65.3 Å². The molecule has 140 valence electrons. The average molecular weight is 373 g/mol. The highest BCUT2D eigenvalue weighted by Gasteiger charge is 2.12. The van der Waals surface area contributed by atoms with Gasteiger partial charge in [-0.15, -0.1) is 0 Å². The molecule has 0 saturated heterocycles. The van der Waals surface area contributed by atoms with Crippen LogP contribution >= 0.6 is 0 Å². The molecule has 0 atom stereocenters. The lowest BCUT2D eigenvalue weighted by Gasteiger charge is -2.10. The van der Waals surface area contributed by atoms with Gasteiger partial charge in [0.25, 0.3) is 5.91 Å². The van der Waals surface area contributed by atoms with Crippen molar-refractivity contribution in [2.75, 3.05) is 5.32 Å². The maximum absolute atomic E-state index is 12.7. The molecule has 4 rings (SSSR count). The first kappa shape index (κ1) is 17.7. The number of hydrogen-bond donors (Lipinski definition) is 1. The number of aryl methyl sites for hydroxylation is 2. The van der Waals surface area contributed by atoms with Gasteiger partial charge in [-0.2, -0.15) is 0 Å². The lowest BCUT2D eigenvalue weighted by atomic mass is 10.1. The third-order valence-corrected chi connectivity index (χ3v) is 4.55. The number of carbonyl (C=O) groups is 1. The minimum atomic E-state index is -0.209. The van der Waals surface area contributed by atoms with Crippen molar-refractivity contribution in [3.63, 3.8) is 0 Å². The molecular formula is C22H19N3O3. The molecule has 2 aromatic carbocycles. The van der Waals surface area contributed by atoms with Crippen LogP contribution in [-0.2, 0) is 6.61 Å². The quantitative estimate of drug-likeness (QED) is 0.550. The molecule has 0 aliphatic rings. The van der Waals surface area contributed by atoms with E-state index >= 15 is 0 Å². The lowest BCUT2D eigenvalue weighted by molar-refractivity contribution is 0.102. The molecule has 2 aromatic heterocycles. The van der Waals surface area contributed by atoms with Gasteiger partial charge in [-0.3, -0.25) is 9.78 Å². The fraction of sp³-hybridized carbons (Fsp3) is 0.136. The second kappa shape index (κ2) is 7.52. The molecule has 0 radical (unpaired) electrons. The number of rotatable bonds is 5. The Bertz CT molecular complexity index is 1130. The van der Waals surface area contributed by atoms with Crippen molar-refractivity contribution in [3.05, 3.63) is 83.4 Å². The number of hydrogen-bond acceptors (Lipinski definition) is 5. The smallest absolute Gasteiger partial charge is 0.255 e. The van der Waals surface area contributed by atoms with Crippen LogP contribution in [0.5, 0.6) is 5.75 Å². The van der Waals surface area contributed by atoms with E-state index in [1.54, 1.807) is 24.4 Å². The van der Waals surface area contributed by atoms with Crippen molar-refractivity contribution >= 4 is 22.5 Å². The maximum atomic E-state index is 12.7. The van der Waals surface area contributed by atoms with E-state index in [4.69, 9.17) is 9.26 Å². The molecule has 1 N–H and O–H groups in total. The molecule has 1 amide bonds. The molecule has 6 nitrogen and oxygen atoms in total. The first-order valence-corrected chi connectivity index (χ1v) is 8.91. The van der Waals surface area contributed by atoms with Gasteiger partial charge >= 0.3 is 0 Å². The van der Waals surface area contributed by atoms with E-state index < -0.39 is 0 Å². The van der Waals surface area contributed by atoms with Crippen molar-refractivity contribution in [2.45, 2.75) is 20.5 Å². The van der Waals surface area contributed by atoms with E-state index in [0.29, 0.717) is 17.9 Å². The molecule has 4 aromatic rings. The number of aromatic nitrogens is 2. The Balaban J connectivity index is 1.51. The summed E-state index contributed by atoms with van der Waals surface area (Å²) in [4.78, 5) is 17.1. The number of nitrogens with one attached hydrogen (secondary N) is 1. The number of nitrogens with zero attached hydrogens (tertiary/aromatic N) is 2. The Kier molecular flexibility index (Phi) is 4.76. The van der Waals surface area contributed by atoms with Crippen molar-refractivity contribution in [3.8, 4) is 5.75 Å². The molecule has 0 fully saturated rings. The van der Waals surface area contributed by atoms with Gasteiger partial charge in [0.05, 0.1) is 22.5 Å². The highest BCUT2D eigenvalue weighted by atomic mass is 16.5. The molecule has 0 bridgehead atoms. The zero-order valence-corrected chi connectivity index (χ0v) is 15.6. The Hall–Kier alpha value is -3.67. The third-order valence-electron chi connectivity index (χ3n) is 4.55. The molecule has 0 saturated carbocycles. The van der Waals surface area contributed by atoms with Crippen LogP contribution in [-0.4, -0.2) is 16.0 Å². The van der Waals surface area contributed by atoms with Crippen LogP contribution in [0.2, 0.25) is 0 Å². The van der Waals surface area contributed by atoms with E-state index in [1.807, 2.05) is 50.2 Å². The summed E-state index contributed by atoms with van der Waals surface area (Å²) < 4.78 is 11.0. The molecule has 0 unspecified atom stereocenters. The van der Waals surface area contributed by atoms with Crippen molar-refractivity contribution in [1.29, 1.82) is 0 Å². The van der Waals surface area contributed by atoms with Gasteiger partial charge in [-0.05, 0) is 56.3 Å². The minimum Gasteiger partial charge on any atom is -0.489 e. The van der Waals surface area contributed by atoms with Crippen molar-refractivity contribution in [2.24, 2.45) is 0 Å². The number of pyridine rings is 1. The second-order valence-corrected chi connectivity index (χ2v) is 6.45. The minimum absolute atomic E-state index is 0.209. The summed E-state index contributed by atoms with van der Waals surface area (Å²) in [6, 6.07) is 16.5. The highest BCUT2D eigenvalue weighted by molar-refractivity contribution is 6.08. The summed E-state index contributed by atoms with van der Waals surface area (Å²) in [6.45, 7) is 4.06. The predicted molar refractivity (Wildman–Crippen MR) is 106 cm³/mol. The molecule has 0 aliphatic carbocycles. The van der Waals surface area contributed by atoms with Gasteiger partial charge in [-0.1, -0.05) is 17.3 Å². The molecule has 0 aliphatic heterocycles. The first-order chi connectivity index (χ1) is 13.6. The van der Waals surface area contributed by atoms with E-state index in [0.717, 1.165) is 33.6 Å². The van der Waals surface area contributed by atoms with Crippen LogP contribution in [0.3, 0.4) is 0 Å². The Morgan fingerprint density at radius 2 is 1.96 bits per heavy atom. The van der Waals surface area contributed by atoms with Crippen LogP contribution in [0, 0.1) is 13.8 Å². The number of fused-ring (bicyclic) bond motifs is 1. The topological polar surface area (TPSA) is 77.2 Å². The van der Waals surface area contributed by atoms with Crippen LogP contribution < -0.4 is 10.1 Å². The third kappa shape index (κ3) is 3.57. The van der Waals surface area contributed by atoms with E-state index in [2.05, 4.69) is 15.5 Å². The van der Waals surface area contributed by atoms with Crippen LogP contribution in [0.4, 0.5) is 5.69 Å². The highest BCUT2D eigenvalue weighted by Crippen LogP contribution is 2.23. The molecule has 0 spiro atoms. The Morgan fingerprint density at radius 1 is 1.11 bits per heavy atom. The summed E-state index contributed by atoms with van der Waals surface area (Å²) in [5.41, 5.74) is 3.78. The monoisotopic (exact) mass is 373 g/mol. The standard InChI is InChI=1S/C22H19N3O3/c1-14-19(15(2)28-25-14)13-27-17-7-3-6-16(12-17)22(26)24-21-10-4-9-20-18(21)8-5-11-23-20/h3-12H,13H2,1-2H3,(H,24,26). The average Bonchev–Trinajstić information content (AvgIpc) is 3.04. The number of benzene rings is 2. The Morgan fingerprint density at radius 3 is 2.79 bits per heavy atom. The fourth-order valence-electron chi connectivity index (χ4n) is 3.00. The molecule has 6 heteroatoms. The summed E-state index contributed by atoms with van der Waals surface area (Å²) in [6.07, 6.45) is 1.73. The zero-order chi connectivity index (χ0) is 19.5. The molecule has 28 heavy (non-hydrogen) atoms. The fourth-order valence-corrected chi connectivity index (χ4v) is 3.00. The Labute approximate surface area is 162 Å². The normalized spacial score (nSPS) is 10.8. The van der Waals surface area contributed by atoms with Gasteiger partial charge in [0.2, 0.25) is 0 Å². The second-order valence-electron chi connectivity index (χ2n) is 6.45. The van der Waals surface area contributed by atoms with E-state index in [-0.39, 0.29) is 5.91 Å². The summed E-state index contributed by atoms with van der Waals surface area (Å²) in [5.74, 6) is 1.13. The molecular weight excluding hydrogens is 354 g/mol. The number of carbonyl (C=O) groups excluding carboxylic acids is 1. The molecule has 2 heterocycles. The first-order valence-electron chi connectivity index (χ1n) is 8.91. The van der Waals surface area contributed by atoms with E-state index in [9.17, 15) is 4.79 Å². The maximum Gasteiger partial charge on any atom is 0.255 e. The lowest BCUT2D eigenvalue weighted by Crippen LogP contribution is -2.12. The number of amides is 1. The predicted octanol–water partition coefficient (Wildman–Crippen LogP) is 4.67. The van der Waals surface area contributed by atoms with Crippen LogP contribution in [0.25, 0.3) is 10.9 Å². The zero-order valence-electron chi connectivity index (χ0n) is 15.6.